The van der Waals surface area contributed by atoms with Crippen molar-refractivity contribution in [1.29, 1.82) is 0 Å². The molecule has 3 heterocycles. The molecule has 7 heteroatoms. The van der Waals surface area contributed by atoms with Crippen LogP contribution in [0.25, 0.3) is 11.5 Å². The monoisotopic (exact) mass is 460 g/mol. The highest BCUT2D eigenvalue weighted by atomic mass is 16.3. The quantitative estimate of drug-likeness (QED) is 0.587. The van der Waals surface area contributed by atoms with Crippen LogP contribution in [-0.2, 0) is 11.3 Å². The molecule has 1 aliphatic heterocycles. The summed E-state index contributed by atoms with van der Waals surface area (Å²) in [5.41, 5.74) is 1.61. The van der Waals surface area contributed by atoms with Gasteiger partial charge in [-0.3, -0.25) is 19.2 Å². The van der Waals surface area contributed by atoms with Crippen LogP contribution in [0.3, 0.4) is 0 Å². The number of amides is 2. The van der Waals surface area contributed by atoms with Crippen molar-refractivity contribution in [3.8, 4) is 11.5 Å². The fourth-order valence-electron chi connectivity index (χ4n) is 5.26. The Morgan fingerprint density at radius 3 is 2.53 bits per heavy atom. The lowest BCUT2D eigenvalue weighted by Gasteiger charge is -2.44. The molecule has 0 radical (unpaired) electrons. The largest absolute Gasteiger partial charge is 0.463 e. The topological polar surface area (TPSA) is 80.4 Å². The number of aromatic nitrogens is 2. The van der Waals surface area contributed by atoms with Crippen molar-refractivity contribution >= 4 is 17.5 Å². The predicted octanol–water partition coefficient (Wildman–Crippen LogP) is 5.10. The van der Waals surface area contributed by atoms with Gasteiger partial charge in [0.2, 0.25) is 5.91 Å². The number of carbonyl (C=O) groups excluding carboxylic acids is 2. The average molecular weight is 461 g/mol. The van der Waals surface area contributed by atoms with Gasteiger partial charge in [-0.15, -0.1) is 0 Å². The molecule has 34 heavy (non-hydrogen) atoms. The number of nitrogens with zero attached hydrogens (tertiary/aromatic N) is 3. The van der Waals surface area contributed by atoms with E-state index >= 15 is 0 Å². The molecule has 1 N–H and O–H groups in total. The summed E-state index contributed by atoms with van der Waals surface area (Å²) in [5, 5.41) is 7.95. The average Bonchev–Trinajstić information content (AvgIpc) is 3.46. The minimum absolute atomic E-state index is 0.129. The minimum Gasteiger partial charge on any atom is -0.463 e. The van der Waals surface area contributed by atoms with Crippen LogP contribution < -0.4 is 10.2 Å². The third-order valence-electron chi connectivity index (χ3n) is 7.21. The summed E-state index contributed by atoms with van der Waals surface area (Å²) < 4.78 is 7.16. The van der Waals surface area contributed by atoms with E-state index in [4.69, 9.17) is 4.42 Å². The molecule has 1 atom stereocenters. The van der Waals surface area contributed by atoms with Crippen molar-refractivity contribution in [2.24, 2.45) is 0 Å². The molecule has 2 aliphatic rings. The molecule has 0 saturated heterocycles. The second-order valence-electron chi connectivity index (χ2n) is 9.77. The number of rotatable bonds is 4. The molecule has 178 valence electrons. The van der Waals surface area contributed by atoms with E-state index in [0.717, 1.165) is 36.9 Å². The van der Waals surface area contributed by atoms with Crippen LogP contribution >= 0.6 is 0 Å². The standard InChI is InChI=1S/C27H32N4O3/c1-19-11-8-9-14-22(19)31-25(32)23-17-21(24-15-10-16-34-24)29-30(23)18-27(31,2)26(33)28-20-12-6-4-3-5-7-13-20/h8-11,14-17,20H,3-7,12-13,18H2,1-2H3,(H,28,33)/t27-/m1/s1. The molecule has 1 aromatic carbocycles. The van der Waals surface area contributed by atoms with E-state index in [-0.39, 0.29) is 24.4 Å². The van der Waals surface area contributed by atoms with Gasteiger partial charge >= 0.3 is 0 Å². The summed E-state index contributed by atoms with van der Waals surface area (Å²) in [5.74, 6) is 0.231. The van der Waals surface area contributed by atoms with Crippen LogP contribution in [0.2, 0.25) is 0 Å². The van der Waals surface area contributed by atoms with Crippen molar-refractivity contribution in [2.45, 2.75) is 76.9 Å². The van der Waals surface area contributed by atoms with Gasteiger partial charge in [-0.25, -0.2) is 0 Å². The Balaban J connectivity index is 1.53. The number of carbonyl (C=O) groups is 2. The van der Waals surface area contributed by atoms with E-state index in [0.29, 0.717) is 17.1 Å². The third kappa shape index (κ3) is 4.04. The molecule has 0 bridgehead atoms. The van der Waals surface area contributed by atoms with Gasteiger partial charge in [0, 0.05) is 17.8 Å². The van der Waals surface area contributed by atoms with Gasteiger partial charge in [-0.2, -0.15) is 5.10 Å². The maximum Gasteiger partial charge on any atom is 0.277 e. The molecule has 1 aliphatic carbocycles. The molecule has 1 fully saturated rings. The van der Waals surface area contributed by atoms with Gasteiger partial charge in [0.05, 0.1) is 12.8 Å². The maximum absolute atomic E-state index is 13.9. The Hall–Kier alpha value is -3.35. The molecule has 1 saturated carbocycles. The van der Waals surface area contributed by atoms with Gasteiger partial charge in [-0.05, 0) is 50.5 Å². The smallest absolute Gasteiger partial charge is 0.277 e. The van der Waals surface area contributed by atoms with E-state index in [1.165, 1.54) is 19.3 Å². The Kier molecular flexibility index (Phi) is 6.02. The number of fused-ring (bicyclic) bond motifs is 1. The van der Waals surface area contributed by atoms with Gasteiger partial charge < -0.3 is 9.73 Å². The van der Waals surface area contributed by atoms with Crippen LogP contribution in [0, 0.1) is 6.92 Å². The molecular weight excluding hydrogens is 428 g/mol. The first-order chi connectivity index (χ1) is 16.5. The lowest BCUT2D eigenvalue weighted by molar-refractivity contribution is -0.127. The van der Waals surface area contributed by atoms with Crippen molar-refractivity contribution < 1.29 is 14.0 Å². The Morgan fingerprint density at radius 1 is 1.09 bits per heavy atom. The highest BCUT2D eigenvalue weighted by molar-refractivity contribution is 6.12. The number of hydrogen-bond acceptors (Lipinski definition) is 4. The molecule has 3 aromatic rings. The Morgan fingerprint density at radius 2 is 1.82 bits per heavy atom. The maximum atomic E-state index is 13.9. The van der Waals surface area contributed by atoms with Crippen molar-refractivity contribution in [2.75, 3.05) is 4.90 Å². The Labute approximate surface area is 200 Å². The van der Waals surface area contributed by atoms with Crippen molar-refractivity contribution in [3.05, 3.63) is 60.0 Å². The number of para-hydroxylation sites is 1. The summed E-state index contributed by atoms with van der Waals surface area (Å²) in [6.45, 7) is 4.09. The van der Waals surface area contributed by atoms with Gasteiger partial charge in [-0.1, -0.05) is 50.3 Å². The molecule has 0 spiro atoms. The second kappa shape index (κ2) is 9.12. The van der Waals surface area contributed by atoms with Crippen LogP contribution in [-0.4, -0.2) is 33.2 Å². The highest BCUT2D eigenvalue weighted by Crippen LogP contribution is 2.36. The summed E-state index contributed by atoms with van der Waals surface area (Å²) >= 11 is 0. The lowest BCUT2D eigenvalue weighted by Crippen LogP contribution is -2.65. The number of nitrogens with one attached hydrogen (secondary N) is 1. The molecule has 2 aromatic heterocycles. The minimum atomic E-state index is -1.12. The van der Waals surface area contributed by atoms with Crippen LogP contribution in [0.4, 0.5) is 5.69 Å². The highest BCUT2D eigenvalue weighted by Gasteiger charge is 2.49. The fraction of sp³-hybridized carbons (Fsp3) is 0.444. The zero-order valence-electron chi connectivity index (χ0n) is 19.9. The van der Waals surface area contributed by atoms with E-state index < -0.39 is 5.54 Å². The molecule has 2 amide bonds. The van der Waals surface area contributed by atoms with E-state index in [2.05, 4.69) is 10.4 Å². The fourth-order valence-corrected chi connectivity index (χ4v) is 5.26. The van der Waals surface area contributed by atoms with Crippen LogP contribution in [0.5, 0.6) is 0 Å². The first-order valence-electron chi connectivity index (χ1n) is 12.3. The van der Waals surface area contributed by atoms with Crippen molar-refractivity contribution in [3.63, 3.8) is 0 Å². The van der Waals surface area contributed by atoms with E-state index in [1.807, 2.05) is 44.2 Å². The first kappa shape index (κ1) is 22.4. The zero-order chi connectivity index (χ0) is 23.7. The number of anilines is 1. The molecule has 7 nitrogen and oxygen atoms in total. The number of hydrogen-bond donors (Lipinski definition) is 1. The summed E-state index contributed by atoms with van der Waals surface area (Å²) in [7, 11) is 0. The molecule has 0 unspecified atom stereocenters. The van der Waals surface area contributed by atoms with Gasteiger partial charge in [0.15, 0.2) is 5.76 Å². The number of furan rings is 1. The van der Waals surface area contributed by atoms with Gasteiger partial charge in [0.1, 0.15) is 16.9 Å². The zero-order valence-corrected chi connectivity index (χ0v) is 19.9. The van der Waals surface area contributed by atoms with Crippen molar-refractivity contribution in [1.82, 2.24) is 15.1 Å². The predicted molar refractivity (Wildman–Crippen MR) is 131 cm³/mol. The van der Waals surface area contributed by atoms with Crippen LogP contribution in [0.1, 0.15) is 67.9 Å². The summed E-state index contributed by atoms with van der Waals surface area (Å²) in [4.78, 5) is 29.5. The van der Waals surface area contributed by atoms with E-state index in [9.17, 15) is 9.59 Å². The van der Waals surface area contributed by atoms with E-state index in [1.54, 1.807) is 28.0 Å². The number of aryl methyl sites for hydroxylation is 1. The van der Waals surface area contributed by atoms with Gasteiger partial charge in [0.25, 0.3) is 5.91 Å². The summed E-state index contributed by atoms with van der Waals surface area (Å²) in [6.07, 6.45) is 9.49. The normalized spacial score (nSPS) is 21.6. The second-order valence-corrected chi connectivity index (χ2v) is 9.77. The Bertz CT molecular complexity index is 1170. The molecular formula is C27H32N4O3. The number of benzene rings is 1. The summed E-state index contributed by atoms with van der Waals surface area (Å²) in [6, 6.07) is 13.2. The third-order valence-corrected chi connectivity index (χ3v) is 7.21. The molecule has 5 rings (SSSR count). The SMILES string of the molecule is Cc1ccccc1N1C(=O)c2cc(-c3ccco3)nn2C[C@]1(C)C(=O)NC1CCCCCCC1. The van der Waals surface area contributed by atoms with Crippen LogP contribution in [0.15, 0.2) is 53.1 Å². The lowest BCUT2D eigenvalue weighted by atomic mass is 9.91. The first-order valence-corrected chi connectivity index (χ1v) is 12.3.